The Morgan fingerprint density at radius 3 is 2.48 bits per heavy atom. The zero-order valence-corrected chi connectivity index (χ0v) is 18.9. The molecule has 7 heteroatoms. The van der Waals surface area contributed by atoms with Crippen LogP contribution in [0.3, 0.4) is 0 Å². The molecule has 162 valence electrons. The molecule has 1 N–H and O–H groups in total. The molecular formula is C24H27N3O3S. The van der Waals surface area contributed by atoms with E-state index in [4.69, 9.17) is 9.47 Å². The quantitative estimate of drug-likeness (QED) is 0.550. The van der Waals surface area contributed by atoms with Gasteiger partial charge in [0, 0.05) is 12.3 Å². The number of phenolic OH excluding ortho intramolecular Hbond substituents is 1. The zero-order valence-electron chi connectivity index (χ0n) is 18.1. The van der Waals surface area contributed by atoms with Crippen molar-refractivity contribution in [3.63, 3.8) is 0 Å². The van der Waals surface area contributed by atoms with E-state index in [-0.39, 0.29) is 11.9 Å². The van der Waals surface area contributed by atoms with Crippen LogP contribution >= 0.6 is 11.3 Å². The predicted molar refractivity (Wildman–Crippen MR) is 121 cm³/mol. The normalized spacial score (nSPS) is 27.3. The third kappa shape index (κ3) is 3.99. The minimum Gasteiger partial charge on any atom is -0.507 e. The van der Waals surface area contributed by atoms with Crippen LogP contribution in [0.4, 0.5) is 0 Å². The van der Waals surface area contributed by atoms with Crippen LogP contribution in [0.15, 0.2) is 36.5 Å². The highest BCUT2D eigenvalue weighted by atomic mass is 32.1. The maximum absolute atomic E-state index is 10.7. The molecule has 0 radical (unpaired) electrons. The summed E-state index contributed by atoms with van der Waals surface area (Å²) in [5, 5.41) is 20.4. The molecule has 3 atom stereocenters. The molecule has 1 unspecified atom stereocenters. The predicted octanol–water partition coefficient (Wildman–Crippen LogP) is 5.72. The summed E-state index contributed by atoms with van der Waals surface area (Å²) in [5.74, 6) is 0.692. The molecule has 1 aromatic carbocycles. The third-order valence-corrected chi connectivity index (χ3v) is 7.65. The number of aromatic hydroxyl groups is 1. The first-order chi connectivity index (χ1) is 14.8. The van der Waals surface area contributed by atoms with Gasteiger partial charge in [-0.05, 0) is 72.3 Å². The molecular weight excluding hydrogens is 410 g/mol. The fourth-order valence-corrected chi connectivity index (χ4v) is 6.31. The van der Waals surface area contributed by atoms with E-state index in [1.54, 1.807) is 19.4 Å². The van der Waals surface area contributed by atoms with Crippen molar-refractivity contribution in [3.8, 4) is 38.5 Å². The molecule has 2 heterocycles. The van der Waals surface area contributed by atoms with Gasteiger partial charge in [-0.1, -0.05) is 36.3 Å². The molecule has 2 aliphatic rings. The van der Waals surface area contributed by atoms with Crippen molar-refractivity contribution < 1.29 is 14.6 Å². The maximum Gasteiger partial charge on any atom is 0.294 e. The molecule has 0 aliphatic heterocycles. The highest BCUT2D eigenvalue weighted by molar-refractivity contribution is 7.16. The van der Waals surface area contributed by atoms with Gasteiger partial charge in [0.15, 0.2) is 5.01 Å². The van der Waals surface area contributed by atoms with E-state index in [9.17, 15) is 5.11 Å². The van der Waals surface area contributed by atoms with Gasteiger partial charge in [-0.3, -0.25) is 0 Å². The van der Waals surface area contributed by atoms with E-state index < -0.39 is 0 Å². The minimum atomic E-state index is 0.159. The maximum atomic E-state index is 10.7. The Hall–Kier alpha value is -2.67. The highest BCUT2D eigenvalue weighted by Crippen LogP contribution is 2.58. The Kier molecular flexibility index (Phi) is 4.88. The molecule has 0 saturated heterocycles. The first-order valence-electron chi connectivity index (χ1n) is 10.7. The molecule has 2 bridgehead atoms. The largest absolute Gasteiger partial charge is 0.507 e. The third-order valence-electron chi connectivity index (χ3n) is 6.81. The van der Waals surface area contributed by atoms with Gasteiger partial charge in [0.2, 0.25) is 5.88 Å². The smallest absolute Gasteiger partial charge is 0.294 e. The number of ether oxygens (including phenoxy) is 2. The van der Waals surface area contributed by atoms with Crippen LogP contribution < -0.4 is 9.47 Å². The van der Waals surface area contributed by atoms with Crippen molar-refractivity contribution in [1.82, 2.24) is 15.2 Å². The summed E-state index contributed by atoms with van der Waals surface area (Å²) in [6.45, 7) is 4.77. The molecule has 3 aromatic rings. The van der Waals surface area contributed by atoms with E-state index in [2.05, 4.69) is 29.0 Å². The molecule has 0 amide bonds. The summed E-state index contributed by atoms with van der Waals surface area (Å²) in [4.78, 5) is 4.13. The summed E-state index contributed by atoms with van der Waals surface area (Å²) in [6, 6.07) is 9.26. The second-order valence-electron chi connectivity index (χ2n) is 9.64. The molecule has 2 aliphatic carbocycles. The number of nitrogens with zero attached hydrogens (tertiary/aromatic N) is 3. The Morgan fingerprint density at radius 1 is 1.03 bits per heavy atom. The summed E-state index contributed by atoms with van der Waals surface area (Å²) in [5.41, 5.74) is 3.22. The molecule has 5 rings (SSSR count). The second kappa shape index (κ2) is 7.48. The van der Waals surface area contributed by atoms with Gasteiger partial charge in [0.1, 0.15) is 11.9 Å². The van der Waals surface area contributed by atoms with E-state index in [1.165, 1.54) is 30.6 Å². The number of pyridine rings is 1. The molecule has 2 fully saturated rings. The van der Waals surface area contributed by atoms with E-state index >= 15 is 0 Å². The van der Waals surface area contributed by atoms with Gasteiger partial charge < -0.3 is 14.6 Å². The van der Waals surface area contributed by atoms with Crippen molar-refractivity contribution in [3.05, 3.63) is 36.5 Å². The molecule has 2 saturated carbocycles. The van der Waals surface area contributed by atoms with Gasteiger partial charge in [-0.25, -0.2) is 4.98 Å². The molecule has 31 heavy (non-hydrogen) atoms. The Morgan fingerprint density at radius 2 is 1.77 bits per heavy atom. The van der Waals surface area contributed by atoms with Gasteiger partial charge in [0.25, 0.3) is 5.19 Å². The van der Waals surface area contributed by atoms with Crippen molar-refractivity contribution >= 4 is 11.3 Å². The fraction of sp³-hybridized carbons (Fsp3) is 0.458. The summed E-state index contributed by atoms with van der Waals surface area (Å²) >= 11 is 1.39. The van der Waals surface area contributed by atoms with Crippen molar-refractivity contribution in [1.29, 1.82) is 0 Å². The Labute approximate surface area is 186 Å². The monoisotopic (exact) mass is 437 g/mol. The first kappa shape index (κ1) is 20.2. The average molecular weight is 438 g/mol. The van der Waals surface area contributed by atoms with Crippen molar-refractivity contribution in [2.24, 2.45) is 10.8 Å². The SMILES string of the molecule is COc1cc(-c2ccc(-c3nnc(OC4C[C@]5(C)CC[C@](C)(C4)C5)s3)c(O)c2)ccn1. The number of aromatic nitrogens is 3. The van der Waals surface area contributed by atoms with E-state index in [0.29, 0.717) is 32.5 Å². The van der Waals surface area contributed by atoms with Gasteiger partial charge in [0.05, 0.1) is 12.7 Å². The Balaban J connectivity index is 1.34. The van der Waals surface area contributed by atoms with Gasteiger partial charge >= 0.3 is 0 Å². The van der Waals surface area contributed by atoms with Crippen molar-refractivity contribution in [2.75, 3.05) is 7.11 Å². The van der Waals surface area contributed by atoms with Crippen LogP contribution in [0.1, 0.15) is 46.0 Å². The van der Waals surface area contributed by atoms with Crippen molar-refractivity contribution in [2.45, 2.75) is 52.1 Å². The number of rotatable bonds is 5. The number of phenols is 1. The number of fused-ring (bicyclic) bond motifs is 2. The highest BCUT2D eigenvalue weighted by Gasteiger charge is 2.49. The van der Waals surface area contributed by atoms with E-state index in [0.717, 1.165) is 24.0 Å². The number of methoxy groups -OCH3 is 1. The summed E-state index contributed by atoms with van der Waals surface area (Å²) < 4.78 is 11.5. The molecule has 6 nitrogen and oxygen atoms in total. The zero-order chi connectivity index (χ0) is 21.6. The lowest BCUT2D eigenvalue weighted by molar-refractivity contribution is 0.0429. The average Bonchev–Trinajstić information content (AvgIpc) is 3.28. The minimum absolute atomic E-state index is 0.159. The van der Waals surface area contributed by atoms with Crippen LogP contribution in [-0.2, 0) is 0 Å². The Bertz CT molecular complexity index is 1100. The number of hydrogen-bond acceptors (Lipinski definition) is 7. The molecule has 2 aromatic heterocycles. The molecule has 0 spiro atoms. The summed E-state index contributed by atoms with van der Waals surface area (Å²) in [6.07, 6.45) is 7.89. The second-order valence-corrected chi connectivity index (χ2v) is 10.6. The topological polar surface area (TPSA) is 77.4 Å². The van der Waals surface area contributed by atoms with Crippen LogP contribution in [0.2, 0.25) is 0 Å². The number of benzene rings is 1. The summed E-state index contributed by atoms with van der Waals surface area (Å²) in [7, 11) is 1.58. The van der Waals surface area contributed by atoms with Crippen LogP contribution in [0, 0.1) is 10.8 Å². The van der Waals surface area contributed by atoms with E-state index in [1.807, 2.05) is 24.3 Å². The lowest BCUT2D eigenvalue weighted by Gasteiger charge is -2.39. The van der Waals surface area contributed by atoms with Gasteiger partial charge in [-0.15, -0.1) is 5.10 Å². The first-order valence-corrected chi connectivity index (χ1v) is 11.5. The fourth-order valence-electron chi connectivity index (χ4n) is 5.52. The van der Waals surface area contributed by atoms with Gasteiger partial charge in [-0.2, -0.15) is 0 Å². The number of hydrogen-bond donors (Lipinski definition) is 1. The van der Waals surface area contributed by atoms with Crippen LogP contribution in [0.25, 0.3) is 21.7 Å². The van der Waals surface area contributed by atoms with Crippen LogP contribution in [-0.4, -0.2) is 33.5 Å². The van der Waals surface area contributed by atoms with Crippen LogP contribution in [0.5, 0.6) is 16.8 Å². The lowest BCUT2D eigenvalue weighted by atomic mass is 9.70. The lowest BCUT2D eigenvalue weighted by Crippen LogP contribution is -2.35. The standard InChI is InChI=1S/C24H27N3O3S/c1-23-7-8-24(2,14-23)13-17(12-23)30-22-27-26-21(31-22)18-5-4-15(10-19(18)28)16-6-9-25-20(11-16)29-3/h4-6,9-11,17,28H,7-8,12-14H2,1-3H3/t17?,23-,24+.